The standard InChI is InChI=1S/C13H11Cl2N3S/c1-8-11(18-5-6-19-13(18)17-8)7-16-12-9(14)3-2-4-10(12)15/h2-6,16H,7H2,1H3. The van der Waals surface area contributed by atoms with Crippen LogP contribution in [0.1, 0.15) is 11.4 Å². The molecule has 3 aromatic rings. The minimum Gasteiger partial charge on any atom is -0.377 e. The number of imidazole rings is 1. The highest BCUT2D eigenvalue weighted by atomic mass is 35.5. The SMILES string of the molecule is Cc1nc2sccn2c1CNc1c(Cl)cccc1Cl. The van der Waals surface area contributed by atoms with E-state index in [2.05, 4.69) is 14.7 Å². The molecule has 0 atom stereocenters. The van der Waals surface area contributed by atoms with Gasteiger partial charge in [0.15, 0.2) is 4.96 Å². The molecule has 0 radical (unpaired) electrons. The Morgan fingerprint density at radius 3 is 2.79 bits per heavy atom. The smallest absolute Gasteiger partial charge is 0.194 e. The Bertz CT molecular complexity index is 712. The molecule has 1 aromatic carbocycles. The van der Waals surface area contributed by atoms with Crippen molar-refractivity contribution in [2.75, 3.05) is 5.32 Å². The Labute approximate surface area is 124 Å². The first kappa shape index (κ1) is 12.8. The lowest BCUT2D eigenvalue weighted by Gasteiger charge is -2.10. The summed E-state index contributed by atoms with van der Waals surface area (Å²) in [6.07, 6.45) is 2.02. The Morgan fingerprint density at radius 2 is 2.05 bits per heavy atom. The molecule has 0 aliphatic carbocycles. The average molecular weight is 312 g/mol. The summed E-state index contributed by atoms with van der Waals surface area (Å²) in [7, 11) is 0. The number of halogens is 2. The molecular formula is C13H11Cl2N3S. The van der Waals surface area contributed by atoms with Crippen molar-refractivity contribution in [2.45, 2.75) is 13.5 Å². The maximum Gasteiger partial charge on any atom is 0.194 e. The van der Waals surface area contributed by atoms with Gasteiger partial charge < -0.3 is 5.32 Å². The highest BCUT2D eigenvalue weighted by Gasteiger charge is 2.11. The second-order valence-corrected chi connectivity index (χ2v) is 5.84. The fourth-order valence-corrected chi connectivity index (χ4v) is 3.30. The predicted octanol–water partition coefficient (Wildman–Crippen LogP) is 4.62. The van der Waals surface area contributed by atoms with Crippen LogP contribution in [0.25, 0.3) is 4.96 Å². The van der Waals surface area contributed by atoms with E-state index in [4.69, 9.17) is 23.2 Å². The van der Waals surface area contributed by atoms with Gasteiger partial charge in [-0.1, -0.05) is 29.3 Å². The van der Waals surface area contributed by atoms with Gasteiger partial charge in [0, 0.05) is 11.6 Å². The van der Waals surface area contributed by atoms with E-state index in [-0.39, 0.29) is 0 Å². The number of hydrogen-bond acceptors (Lipinski definition) is 3. The van der Waals surface area contributed by atoms with Crippen molar-refractivity contribution in [1.82, 2.24) is 9.38 Å². The van der Waals surface area contributed by atoms with E-state index in [0.29, 0.717) is 16.6 Å². The maximum absolute atomic E-state index is 6.14. The summed E-state index contributed by atoms with van der Waals surface area (Å²) in [6.45, 7) is 2.64. The van der Waals surface area contributed by atoms with Gasteiger partial charge in [0.25, 0.3) is 0 Å². The van der Waals surface area contributed by atoms with Gasteiger partial charge in [-0.05, 0) is 19.1 Å². The van der Waals surface area contributed by atoms with E-state index in [9.17, 15) is 0 Å². The van der Waals surface area contributed by atoms with Crippen molar-refractivity contribution in [2.24, 2.45) is 0 Å². The first-order valence-electron chi connectivity index (χ1n) is 5.75. The fraction of sp³-hybridized carbons (Fsp3) is 0.154. The minimum atomic E-state index is 0.622. The molecule has 3 nitrogen and oxygen atoms in total. The predicted molar refractivity (Wildman–Crippen MR) is 81.6 cm³/mol. The number of fused-ring (bicyclic) bond motifs is 1. The number of aromatic nitrogens is 2. The van der Waals surface area contributed by atoms with Crippen LogP contribution in [0.4, 0.5) is 5.69 Å². The molecule has 0 unspecified atom stereocenters. The molecule has 3 rings (SSSR count). The number of rotatable bonds is 3. The third-order valence-corrected chi connectivity index (χ3v) is 4.34. The molecule has 2 aromatic heterocycles. The van der Waals surface area contributed by atoms with Crippen LogP contribution in [0, 0.1) is 6.92 Å². The Kier molecular flexibility index (Phi) is 3.39. The molecule has 2 heterocycles. The van der Waals surface area contributed by atoms with E-state index in [0.717, 1.165) is 22.0 Å². The Balaban J connectivity index is 1.90. The molecule has 0 aliphatic heterocycles. The first-order valence-corrected chi connectivity index (χ1v) is 7.39. The summed E-state index contributed by atoms with van der Waals surface area (Å²) >= 11 is 13.9. The Morgan fingerprint density at radius 1 is 1.32 bits per heavy atom. The van der Waals surface area contributed by atoms with Gasteiger partial charge >= 0.3 is 0 Å². The van der Waals surface area contributed by atoms with Gasteiger partial charge in [0.2, 0.25) is 0 Å². The number of aryl methyl sites for hydroxylation is 1. The lowest BCUT2D eigenvalue weighted by molar-refractivity contribution is 0.995. The van der Waals surface area contributed by atoms with Crippen LogP contribution in [0.15, 0.2) is 29.8 Å². The summed E-state index contributed by atoms with van der Waals surface area (Å²) in [5.74, 6) is 0. The van der Waals surface area contributed by atoms with Crippen molar-refractivity contribution >= 4 is 45.2 Å². The van der Waals surface area contributed by atoms with Crippen LogP contribution in [0.3, 0.4) is 0 Å². The molecule has 19 heavy (non-hydrogen) atoms. The summed E-state index contributed by atoms with van der Waals surface area (Å²) in [5.41, 5.74) is 2.89. The summed E-state index contributed by atoms with van der Waals surface area (Å²) in [5, 5.41) is 6.55. The molecule has 0 aliphatic rings. The van der Waals surface area contributed by atoms with Crippen LogP contribution in [-0.2, 0) is 6.54 Å². The normalized spacial score (nSPS) is 11.1. The molecule has 0 saturated carbocycles. The molecule has 6 heteroatoms. The van der Waals surface area contributed by atoms with Crippen LogP contribution >= 0.6 is 34.5 Å². The fourth-order valence-electron chi connectivity index (χ4n) is 1.99. The zero-order chi connectivity index (χ0) is 13.4. The zero-order valence-electron chi connectivity index (χ0n) is 10.2. The van der Waals surface area contributed by atoms with Crippen molar-refractivity contribution in [3.8, 4) is 0 Å². The highest BCUT2D eigenvalue weighted by molar-refractivity contribution is 7.15. The van der Waals surface area contributed by atoms with Gasteiger partial charge in [-0.3, -0.25) is 4.40 Å². The average Bonchev–Trinajstić information content (AvgIpc) is 2.90. The number of nitrogens with one attached hydrogen (secondary N) is 1. The summed E-state index contributed by atoms with van der Waals surface area (Å²) in [4.78, 5) is 5.51. The van der Waals surface area contributed by atoms with Gasteiger partial charge in [-0.15, -0.1) is 11.3 Å². The number of hydrogen-bond donors (Lipinski definition) is 1. The summed E-state index contributed by atoms with van der Waals surface area (Å²) in [6, 6.07) is 5.47. The third kappa shape index (κ3) is 2.31. The number of nitrogens with zero attached hydrogens (tertiary/aromatic N) is 2. The molecule has 0 saturated heterocycles. The number of para-hydroxylation sites is 1. The molecule has 98 valence electrons. The van der Waals surface area contributed by atoms with Crippen molar-refractivity contribution in [1.29, 1.82) is 0 Å². The maximum atomic E-state index is 6.14. The van der Waals surface area contributed by atoms with Crippen molar-refractivity contribution in [3.63, 3.8) is 0 Å². The largest absolute Gasteiger partial charge is 0.377 e. The van der Waals surface area contributed by atoms with Gasteiger partial charge in [-0.25, -0.2) is 4.98 Å². The molecular weight excluding hydrogens is 301 g/mol. The van der Waals surface area contributed by atoms with Crippen LogP contribution in [0.2, 0.25) is 10.0 Å². The van der Waals surface area contributed by atoms with Gasteiger partial charge in [-0.2, -0.15) is 0 Å². The number of anilines is 1. The summed E-state index contributed by atoms with van der Waals surface area (Å²) < 4.78 is 2.08. The monoisotopic (exact) mass is 311 g/mol. The van der Waals surface area contributed by atoms with Crippen molar-refractivity contribution < 1.29 is 0 Å². The number of thiazole rings is 1. The quantitative estimate of drug-likeness (QED) is 0.764. The molecule has 0 spiro atoms. The van der Waals surface area contributed by atoms with E-state index in [1.165, 1.54) is 0 Å². The van der Waals surface area contributed by atoms with E-state index in [1.54, 1.807) is 11.3 Å². The molecule has 0 fully saturated rings. The second kappa shape index (κ2) is 5.04. The zero-order valence-corrected chi connectivity index (χ0v) is 12.5. The molecule has 1 N–H and O–H groups in total. The highest BCUT2D eigenvalue weighted by Crippen LogP contribution is 2.30. The van der Waals surface area contributed by atoms with E-state index < -0.39 is 0 Å². The van der Waals surface area contributed by atoms with Gasteiger partial charge in [0.05, 0.1) is 33.7 Å². The topological polar surface area (TPSA) is 29.3 Å². The van der Waals surface area contributed by atoms with E-state index >= 15 is 0 Å². The van der Waals surface area contributed by atoms with Crippen LogP contribution in [0.5, 0.6) is 0 Å². The first-order chi connectivity index (χ1) is 9.16. The van der Waals surface area contributed by atoms with Crippen LogP contribution in [-0.4, -0.2) is 9.38 Å². The minimum absolute atomic E-state index is 0.622. The lowest BCUT2D eigenvalue weighted by Crippen LogP contribution is -2.04. The third-order valence-electron chi connectivity index (χ3n) is 2.96. The Hall–Kier alpha value is -1.23. The van der Waals surface area contributed by atoms with Crippen LogP contribution < -0.4 is 5.32 Å². The van der Waals surface area contributed by atoms with Crippen molar-refractivity contribution in [3.05, 3.63) is 51.2 Å². The van der Waals surface area contributed by atoms with Gasteiger partial charge in [0.1, 0.15) is 0 Å². The molecule has 0 amide bonds. The lowest BCUT2D eigenvalue weighted by atomic mass is 10.3. The second-order valence-electron chi connectivity index (χ2n) is 4.15. The number of benzene rings is 1. The van der Waals surface area contributed by atoms with E-state index in [1.807, 2.05) is 36.7 Å². The molecule has 0 bridgehead atoms.